The van der Waals surface area contributed by atoms with Crippen molar-refractivity contribution in [2.24, 2.45) is 0 Å². The van der Waals surface area contributed by atoms with E-state index in [4.69, 9.17) is 5.11 Å². The van der Waals surface area contributed by atoms with Gasteiger partial charge in [0.25, 0.3) is 5.91 Å². The van der Waals surface area contributed by atoms with E-state index in [1.165, 1.54) is 23.8 Å². The van der Waals surface area contributed by atoms with Crippen LogP contribution in [-0.4, -0.2) is 27.1 Å². The van der Waals surface area contributed by atoms with Gasteiger partial charge in [-0.05, 0) is 24.6 Å². The number of thiophene rings is 1. The third kappa shape index (κ3) is 3.51. The molecule has 0 atom stereocenters. The van der Waals surface area contributed by atoms with E-state index in [2.05, 4.69) is 20.0 Å². The lowest BCUT2D eigenvalue weighted by molar-refractivity contribution is -0.131. The van der Waals surface area contributed by atoms with E-state index in [1.807, 2.05) is 6.92 Å². The number of amides is 1. The molecule has 7 nitrogen and oxygen atoms in total. The quantitative estimate of drug-likeness (QED) is 0.809. The summed E-state index contributed by atoms with van der Waals surface area (Å²) in [5.74, 6) is -0.906. The maximum absolute atomic E-state index is 11.9. The Balaban J connectivity index is 2.03. The molecule has 2 rings (SSSR count). The standard InChI is InChI=1S/C12H11N3O4S/c1-7-4-9(20-8(7)2-3-11(16)17)12(18)13-5-10-14-6-19-15-10/h2-4,6H,5H2,1H3,(H,13,18)(H,16,17)/b3-2+. The lowest BCUT2D eigenvalue weighted by Crippen LogP contribution is -2.22. The van der Waals surface area contributed by atoms with Crippen LogP contribution in [0.5, 0.6) is 0 Å². The van der Waals surface area contributed by atoms with Gasteiger partial charge in [0, 0.05) is 11.0 Å². The van der Waals surface area contributed by atoms with Crippen LogP contribution in [0.25, 0.3) is 6.08 Å². The minimum absolute atomic E-state index is 0.173. The van der Waals surface area contributed by atoms with E-state index < -0.39 is 5.97 Å². The Labute approximate surface area is 117 Å². The Morgan fingerprint density at radius 1 is 1.55 bits per heavy atom. The third-order valence-electron chi connectivity index (χ3n) is 2.37. The van der Waals surface area contributed by atoms with Gasteiger partial charge in [0.2, 0.25) is 6.39 Å². The molecule has 0 bridgehead atoms. The van der Waals surface area contributed by atoms with Gasteiger partial charge in [-0.15, -0.1) is 11.3 Å². The fourth-order valence-electron chi connectivity index (χ4n) is 1.44. The molecule has 0 aliphatic heterocycles. The van der Waals surface area contributed by atoms with Crippen LogP contribution in [0.15, 0.2) is 23.1 Å². The van der Waals surface area contributed by atoms with Crippen molar-refractivity contribution in [3.63, 3.8) is 0 Å². The average Bonchev–Trinajstić information content (AvgIpc) is 3.03. The highest BCUT2D eigenvalue weighted by molar-refractivity contribution is 7.15. The summed E-state index contributed by atoms with van der Waals surface area (Å²) in [5.41, 5.74) is 0.845. The van der Waals surface area contributed by atoms with E-state index in [1.54, 1.807) is 6.07 Å². The predicted molar refractivity (Wildman–Crippen MR) is 71.2 cm³/mol. The summed E-state index contributed by atoms with van der Waals surface area (Å²) in [4.78, 5) is 27.4. The molecule has 0 aliphatic carbocycles. The van der Waals surface area contributed by atoms with E-state index >= 15 is 0 Å². The topological polar surface area (TPSA) is 105 Å². The molecule has 104 valence electrons. The lowest BCUT2D eigenvalue weighted by Gasteiger charge is -1.98. The SMILES string of the molecule is Cc1cc(C(=O)NCc2ncon2)sc1/C=C/C(=O)O. The van der Waals surface area contributed by atoms with E-state index in [9.17, 15) is 9.59 Å². The average molecular weight is 293 g/mol. The zero-order valence-corrected chi connectivity index (χ0v) is 11.3. The van der Waals surface area contributed by atoms with Crippen molar-refractivity contribution < 1.29 is 19.2 Å². The van der Waals surface area contributed by atoms with Crippen molar-refractivity contribution in [2.45, 2.75) is 13.5 Å². The van der Waals surface area contributed by atoms with Gasteiger partial charge in [-0.3, -0.25) is 4.79 Å². The fraction of sp³-hybridized carbons (Fsp3) is 0.167. The van der Waals surface area contributed by atoms with Crippen LogP contribution >= 0.6 is 11.3 Å². The van der Waals surface area contributed by atoms with Gasteiger partial charge in [-0.25, -0.2) is 4.79 Å². The Bertz CT molecular complexity index is 646. The van der Waals surface area contributed by atoms with Gasteiger partial charge in [-0.1, -0.05) is 5.16 Å². The van der Waals surface area contributed by atoms with Crippen molar-refractivity contribution in [1.82, 2.24) is 15.5 Å². The normalized spacial score (nSPS) is 10.8. The zero-order valence-electron chi connectivity index (χ0n) is 10.5. The lowest BCUT2D eigenvalue weighted by atomic mass is 10.2. The molecule has 2 aromatic heterocycles. The van der Waals surface area contributed by atoms with Crippen molar-refractivity contribution in [3.05, 3.63) is 39.7 Å². The number of carbonyl (C=O) groups is 2. The number of hydrogen-bond acceptors (Lipinski definition) is 6. The maximum atomic E-state index is 11.9. The van der Waals surface area contributed by atoms with Gasteiger partial charge in [0.05, 0.1) is 11.4 Å². The molecular weight excluding hydrogens is 282 g/mol. The first-order chi connectivity index (χ1) is 9.56. The first-order valence-corrected chi connectivity index (χ1v) is 6.43. The van der Waals surface area contributed by atoms with Gasteiger partial charge >= 0.3 is 5.97 Å². The van der Waals surface area contributed by atoms with Gasteiger partial charge in [0.1, 0.15) is 0 Å². The second kappa shape index (κ2) is 6.11. The molecule has 0 aliphatic rings. The minimum Gasteiger partial charge on any atom is -0.478 e. The monoisotopic (exact) mass is 293 g/mol. The number of aliphatic carboxylic acids is 1. The van der Waals surface area contributed by atoms with Crippen LogP contribution in [-0.2, 0) is 11.3 Å². The van der Waals surface area contributed by atoms with Gasteiger partial charge in [0.15, 0.2) is 5.82 Å². The second-order valence-electron chi connectivity index (χ2n) is 3.86. The van der Waals surface area contributed by atoms with Crippen LogP contribution in [0, 0.1) is 6.92 Å². The maximum Gasteiger partial charge on any atom is 0.328 e. The Morgan fingerprint density at radius 3 is 3.00 bits per heavy atom. The molecule has 8 heteroatoms. The highest BCUT2D eigenvalue weighted by Crippen LogP contribution is 2.23. The summed E-state index contributed by atoms with van der Waals surface area (Å²) < 4.78 is 4.56. The van der Waals surface area contributed by atoms with E-state index in [0.717, 1.165) is 16.5 Å². The van der Waals surface area contributed by atoms with Crippen LogP contribution < -0.4 is 5.32 Å². The summed E-state index contributed by atoms with van der Waals surface area (Å²) in [6.07, 6.45) is 3.70. The van der Waals surface area contributed by atoms with Crippen LogP contribution in [0.2, 0.25) is 0 Å². The molecular formula is C12H11N3O4S. The van der Waals surface area contributed by atoms with Gasteiger partial charge < -0.3 is 14.9 Å². The highest BCUT2D eigenvalue weighted by Gasteiger charge is 2.12. The number of carboxylic acids is 1. The van der Waals surface area contributed by atoms with Crippen molar-refractivity contribution in [2.75, 3.05) is 0 Å². The largest absolute Gasteiger partial charge is 0.478 e. The van der Waals surface area contributed by atoms with Crippen LogP contribution in [0.1, 0.15) is 25.9 Å². The molecule has 0 fully saturated rings. The van der Waals surface area contributed by atoms with Crippen molar-refractivity contribution in [3.8, 4) is 0 Å². The smallest absolute Gasteiger partial charge is 0.328 e. The first-order valence-electron chi connectivity index (χ1n) is 5.61. The fourth-order valence-corrected chi connectivity index (χ4v) is 2.43. The summed E-state index contributed by atoms with van der Waals surface area (Å²) in [7, 11) is 0. The number of nitrogens with one attached hydrogen (secondary N) is 1. The second-order valence-corrected chi connectivity index (χ2v) is 4.94. The minimum atomic E-state index is -1.03. The van der Waals surface area contributed by atoms with Crippen LogP contribution in [0.3, 0.4) is 0 Å². The number of aryl methyl sites for hydroxylation is 1. The summed E-state index contributed by atoms with van der Waals surface area (Å²) in [5, 5.41) is 14.8. The Morgan fingerprint density at radius 2 is 2.35 bits per heavy atom. The first kappa shape index (κ1) is 13.9. The molecule has 1 amide bonds. The molecule has 2 aromatic rings. The summed E-state index contributed by atoms with van der Waals surface area (Å²) in [6.45, 7) is 1.99. The molecule has 0 saturated heterocycles. The van der Waals surface area contributed by atoms with Crippen molar-refractivity contribution in [1.29, 1.82) is 0 Å². The summed E-state index contributed by atoms with van der Waals surface area (Å²) in [6, 6.07) is 1.71. The number of carboxylic acid groups (broad SMARTS) is 1. The Hall–Kier alpha value is -2.48. The molecule has 0 aromatic carbocycles. The number of aromatic nitrogens is 2. The van der Waals surface area contributed by atoms with E-state index in [-0.39, 0.29) is 12.5 Å². The molecule has 2 N–H and O–H groups in total. The molecule has 2 heterocycles. The van der Waals surface area contributed by atoms with E-state index in [0.29, 0.717) is 10.7 Å². The number of nitrogens with zero attached hydrogens (tertiary/aromatic N) is 2. The molecule has 0 spiro atoms. The summed E-state index contributed by atoms with van der Waals surface area (Å²) >= 11 is 1.22. The zero-order chi connectivity index (χ0) is 14.5. The predicted octanol–water partition coefficient (Wildman–Crippen LogP) is 1.47. The highest BCUT2D eigenvalue weighted by atomic mass is 32.1. The molecule has 0 unspecified atom stereocenters. The molecule has 20 heavy (non-hydrogen) atoms. The van der Waals surface area contributed by atoms with Crippen LogP contribution in [0.4, 0.5) is 0 Å². The molecule has 0 saturated carbocycles. The van der Waals surface area contributed by atoms with Crippen molar-refractivity contribution >= 4 is 29.3 Å². The molecule has 0 radical (unpaired) electrons. The number of hydrogen-bond donors (Lipinski definition) is 2. The Kier molecular flexibility index (Phi) is 4.26. The third-order valence-corrected chi connectivity index (χ3v) is 3.57. The van der Waals surface area contributed by atoms with Gasteiger partial charge in [-0.2, -0.15) is 4.98 Å². The number of carbonyl (C=O) groups excluding carboxylic acids is 1. The number of rotatable bonds is 5.